The summed E-state index contributed by atoms with van der Waals surface area (Å²) >= 11 is 5.09. The number of aromatic amines is 1. The lowest BCUT2D eigenvalue weighted by molar-refractivity contribution is 0.0697. The van der Waals surface area contributed by atoms with E-state index >= 15 is 0 Å². The number of H-pyrrole nitrogens is 1. The largest absolute Gasteiger partial charge is 0.478 e. The van der Waals surface area contributed by atoms with E-state index in [-0.39, 0.29) is 15.9 Å². The quantitative estimate of drug-likeness (QED) is 0.827. The number of benzene rings is 1. The summed E-state index contributed by atoms with van der Waals surface area (Å²) in [6.07, 6.45) is 0. The molecule has 100 valence electrons. The van der Waals surface area contributed by atoms with E-state index in [0.717, 1.165) is 0 Å². The fourth-order valence-electron chi connectivity index (χ4n) is 1.77. The van der Waals surface area contributed by atoms with E-state index in [1.165, 1.54) is 29.9 Å². The van der Waals surface area contributed by atoms with Gasteiger partial charge in [-0.3, -0.25) is 9.36 Å². The summed E-state index contributed by atoms with van der Waals surface area (Å²) in [6, 6.07) is 4.27. The molecule has 1 heterocycles. The fourth-order valence-corrected chi connectivity index (χ4v) is 2.06. The Morgan fingerprint density at radius 2 is 2.26 bits per heavy atom. The first-order valence-corrected chi connectivity index (χ1v) is 5.94. The molecule has 0 aliphatic rings. The molecule has 2 N–H and O–H groups in total. The molecule has 0 atom stereocenters. The first kappa shape index (κ1) is 13.4. The smallest absolute Gasteiger partial charge is 0.335 e. The van der Waals surface area contributed by atoms with Crippen LogP contribution < -0.4 is 5.56 Å². The summed E-state index contributed by atoms with van der Waals surface area (Å²) in [5.74, 6) is -1.05. The molecule has 0 spiro atoms. The molecular formula is C12H12N2O4S. The average molecular weight is 280 g/mol. The highest BCUT2D eigenvalue weighted by molar-refractivity contribution is 7.71. The minimum absolute atomic E-state index is 0.104. The van der Waals surface area contributed by atoms with E-state index in [2.05, 4.69) is 4.98 Å². The van der Waals surface area contributed by atoms with Crippen molar-refractivity contribution < 1.29 is 14.6 Å². The summed E-state index contributed by atoms with van der Waals surface area (Å²) in [7, 11) is 1.54. The first-order chi connectivity index (χ1) is 9.04. The van der Waals surface area contributed by atoms with Crippen LogP contribution in [0.4, 0.5) is 0 Å². The summed E-state index contributed by atoms with van der Waals surface area (Å²) in [5, 5.41) is 9.31. The molecule has 2 aromatic rings. The zero-order valence-electron chi connectivity index (χ0n) is 10.2. The van der Waals surface area contributed by atoms with Gasteiger partial charge in [-0.15, -0.1) is 0 Å². The minimum Gasteiger partial charge on any atom is -0.478 e. The molecule has 0 aliphatic carbocycles. The van der Waals surface area contributed by atoms with E-state index in [1.807, 2.05) is 0 Å². The average Bonchev–Trinajstić information content (AvgIpc) is 2.37. The number of hydrogen-bond donors (Lipinski definition) is 2. The van der Waals surface area contributed by atoms with E-state index < -0.39 is 5.97 Å². The highest BCUT2D eigenvalue weighted by Gasteiger charge is 2.09. The molecule has 0 aliphatic heterocycles. The number of rotatable bonds is 4. The number of fused-ring (bicyclic) bond motifs is 1. The molecule has 1 aromatic heterocycles. The summed E-state index contributed by atoms with van der Waals surface area (Å²) in [6.45, 7) is 0.720. The zero-order chi connectivity index (χ0) is 14.0. The third-order valence-electron chi connectivity index (χ3n) is 2.75. The van der Waals surface area contributed by atoms with E-state index in [0.29, 0.717) is 24.1 Å². The van der Waals surface area contributed by atoms with Crippen molar-refractivity contribution in [2.75, 3.05) is 13.7 Å². The van der Waals surface area contributed by atoms with Crippen LogP contribution in [0.5, 0.6) is 0 Å². The van der Waals surface area contributed by atoms with Crippen molar-refractivity contribution >= 4 is 29.1 Å². The van der Waals surface area contributed by atoms with Crippen LogP contribution >= 0.6 is 12.2 Å². The second kappa shape index (κ2) is 5.33. The monoisotopic (exact) mass is 280 g/mol. The highest BCUT2D eigenvalue weighted by atomic mass is 32.1. The molecule has 2 rings (SSSR count). The number of methoxy groups -OCH3 is 1. The second-order valence-electron chi connectivity index (χ2n) is 3.95. The standard InChI is InChI=1S/C12H12N2O4S/c1-18-5-4-14-10(15)8-3-2-7(11(16)17)6-9(8)13-12(14)19/h2-3,6H,4-5H2,1H3,(H,13,19)(H,16,17). The highest BCUT2D eigenvalue weighted by Crippen LogP contribution is 2.10. The number of carbonyl (C=O) groups is 1. The van der Waals surface area contributed by atoms with Gasteiger partial charge in [-0.1, -0.05) is 0 Å². The molecule has 19 heavy (non-hydrogen) atoms. The number of carboxylic acids is 1. The molecule has 0 amide bonds. The lowest BCUT2D eigenvalue weighted by atomic mass is 10.1. The van der Waals surface area contributed by atoms with Crippen molar-refractivity contribution in [3.8, 4) is 0 Å². The first-order valence-electron chi connectivity index (χ1n) is 5.53. The van der Waals surface area contributed by atoms with Crippen molar-refractivity contribution in [3.63, 3.8) is 0 Å². The van der Waals surface area contributed by atoms with Crippen LogP contribution in [0.15, 0.2) is 23.0 Å². The molecule has 0 saturated carbocycles. The van der Waals surface area contributed by atoms with Crippen LogP contribution in [-0.2, 0) is 11.3 Å². The molecule has 0 radical (unpaired) electrons. The van der Waals surface area contributed by atoms with Gasteiger partial charge in [0.15, 0.2) is 4.77 Å². The van der Waals surface area contributed by atoms with Gasteiger partial charge in [-0.05, 0) is 30.4 Å². The third kappa shape index (κ3) is 2.56. The normalized spacial score (nSPS) is 10.8. The zero-order valence-corrected chi connectivity index (χ0v) is 11.0. The van der Waals surface area contributed by atoms with Gasteiger partial charge in [0.2, 0.25) is 0 Å². The van der Waals surface area contributed by atoms with Crippen LogP contribution in [-0.4, -0.2) is 34.3 Å². The summed E-state index contributed by atoms with van der Waals surface area (Å²) in [5.41, 5.74) is 0.267. The number of aromatic nitrogens is 2. The van der Waals surface area contributed by atoms with Gasteiger partial charge in [0.25, 0.3) is 5.56 Å². The number of aromatic carboxylic acids is 1. The number of hydrogen-bond acceptors (Lipinski definition) is 4. The summed E-state index contributed by atoms with van der Waals surface area (Å²) < 4.78 is 6.56. The Morgan fingerprint density at radius 1 is 1.53 bits per heavy atom. The Kier molecular flexibility index (Phi) is 3.77. The molecule has 7 heteroatoms. The Labute approximate surface area is 113 Å². The maximum atomic E-state index is 12.2. The van der Waals surface area contributed by atoms with E-state index in [9.17, 15) is 9.59 Å². The summed E-state index contributed by atoms with van der Waals surface area (Å²) in [4.78, 5) is 26.0. The number of nitrogens with one attached hydrogen (secondary N) is 1. The Balaban J connectivity index is 2.66. The van der Waals surface area contributed by atoms with Gasteiger partial charge in [-0.2, -0.15) is 0 Å². The second-order valence-corrected chi connectivity index (χ2v) is 4.33. The number of nitrogens with zero attached hydrogens (tertiary/aromatic N) is 1. The van der Waals surface area contributed by atoms with Gasteiger partial charge in [0.1, 0.15) is 0 Å². The van der Waals surface area contributed by atoms with Crippen LogP contribution in [0.3, 0.4) is 0 Å². The molecular weight excluding hydrogens is 268 g/mol. The lowest BCUT2D eigenvalue weighted by Crippen LogP contribution is -2.24. The van der Waals surface area contributed by atoms with Crippen molar-refractivity contribution in [1.82, 2.24) is 9.55 Å². The molecule has 1 aromatic carbocycles. The van der Waals surface area contributed by atoms with Crippen LogP contribution in [0.2, 0.25) is 0 Å². The topological polar surface area (TPSA) is 84.3 Å². The number of ether oxygens (including phenoxy) is 1. The Hall–Kier alpha value is -1.99. The minimum atomic E-state index is -1.05. The van der Waals surface area contributed by atoms with Crippen molar-refractivity contribution in [2.24, 2.45) is 0 Å². The van der Waals surface area contributed by atoms with Crippen molar-refractivity contribution in [3.05, 3.63) is 38.9 Å². The molecule has 0 unspecified atom stereocenters. The SMILES string of the molecule is COCCn1c(=S)[nH]c2cc(C(=O)O)ccc2c1=O. The lowest BCUT2D eigenvalue weighted by Gasteiger charge is -2.07. The Morgan fingerprint density at radius 3 is 2.89 bits per heavy atom. The molecule has 0 fully saturated rings. The molecule has 6 nitrogen and oxygen atoms in total. The Bertz CT molecular complexity index is 747. The molecule has 0 saturated heterocycles. The van der Waals surface area contributed by atoms with Gasteiger partial charge in [0, 0.05) is 7.11 Å². The van der Waals surface area contributed by atoms with Crippen LogP contribution in [0.25, 0.3) is 10.9 Å². The van der Waals surface area contributed by atoms with Gasteiger partial charge in [-0.25, -0.2) is 4.79 Å². The number of carboxylic acid groups (broad SMARTS) is 1. The molecule has 0 bridgehead atoms. The van der Waals surface area contributed by atoms with Crippen LogP contribution in [0, 0.1) is 4.77 Å². The van der Waals surface area contributed by atoms with Crippen LogP contribution in [0.1, 0.15) is 10.4 Å². The van der Waals surface area contributed by atoms with Crippen molar-refractivity contribution in [2.45, 2.75) is 6.54 Å². The third-order valence-corrected chi connectivity index (χ3v) is 3.07. The van der Waals surface area contributed by atoms with Gasteiger partial charge >= 0.3 is 5.97 Å². The maximum absolute atomic E-state index is 12.2. The fraction of sp³-hybridized carbons (Fsp3) is 0.250. The predicted molar refractivity (Wildman–Crippen MR) is 72.2 cm³/mol. The van der Waals surface area contributed by atoms with Crippen molar-refractivity contribution in [1.29, 1.82) is 0 Å². The van der Waals surface area contributed by atoms with Gasteiger partial charge < -0.3 is 14.8 Å². The maximum Gasteiger partial charge on any atom is 0.335 e. The predicted octanol–water partition coefficient (Wildman–Crippen LogP) is 1.40. The van der Waals surface area contributed by atoms with E-state index in [1.54, 1.807) is 0 Å². The van der Waals surface area contributed by atoms with E-state index in [4.69, 9.17) is 22.1 Å². The van der Waals surface area contributed by atoms with Gasteiger partial charge in [0.05, 0.1) is 29.6 Å².